The van der Waals surface area contributed by atoms with E-state index >= 15 is 0 Å². The van der Waals surface area contributed by atoms with Gasteiger partial charge >= 0.3 is 5.97 Å². The number of benzene rings is 1. The Labute approximate surface area is 110 Å². The molecule has 0 atom stereocenters. The van der Waals surface area contributed by atoms with E-state index in [-0.39, 0.29) is 5.97 Å². The fraction of sp³-hybridized carbons (Fsp3) is 0.357. The molecule has 0 aliphatic carbocycles. The minimum Gasteiger partial charge on any atom is -0.463 e. The van der Waals surface area contributed by atoms with E-state index in [1.807, 2.05) is 30.3 Å². The molecular weight excluding hydrogens is 244 g/mol. The number of ether oxygens (including phenoxy) is 1. The molecule has 0 radical (unpaired) electrons. The van der Waals surface area contributed by atoms with Gasteiger partial charge in [0.05, 0.1) is 6.61 Å². The highest BCUT2D eigenvalue weighted by molar-refractivity contribution is 6.71. The normalized spacial score (nSPS) is 11.7. The molecule has 0 saturated heterocycles. The molecule has 3 nitrogen and oxygen atoms in total. The molecular formula is C14H20O3Si. The van der Waals surface area contributed by atoms with Crippen LogP contribution in [0.5, 0.6) is 0 Å². The first-order valence-electron chi connectivity index (χ1n) is 5.98. The molecule has 98 valence electrons. The number of hydrogen-bond donors (Lipinski definition) is 0. The largest absolute Gasteiger partial charge is 0.463 e. The summed E-state index contributed by atoms with van der Waals surface area (Å²) in [6.07, 6.45) is 3.21. The van der Waals surface area contributed by atoms with Gasteiger partial charge in [-0.2, -0.15) is 0 Å². The molecule has 0 fully saturated rings. The van der Waals surface area contributed by atoms with E-state index in [1.54, 1.807) is 13.2 Å². The van der Waals surface area contributed by atoms with Crippen molar-refractivity contribution in [3.63, 3.8) is 0 Å². The van der Waals surface area contributed by atoms with E-state index in [4.69, 9.17) is 9.16 Å². The van der Waals surface area contributed by atoms with Gasteiger partial charge in [0.2, 0.25) is 0 Å². The van der Waals surface area contributed by atoms with Gasteiger partial charge in [-0.05, 0) is 24.7 Å². The zero-order valence-corrected chi connectivity index (χ0v) is 12.2. The molecule has 0 amide bonds. The van der Waals surface area contributed by atoms with Crippen molar-refractivity contribution in [2.45, 2.75) is 19.1 Å². The number of esters is 1. The molecule has 0 unspecified atom stereocenters. The summed E-state index contributed by atoms with van der Waals surface area (Å²) in [5.41, 5.74) is 0.987. The summed E-state index contributed by atoms with van der Waals surface area (Å²) in [5.74, 6) is -0.306. The van der Waals surface area contributed by atoms with Gasteiger partial charge in [0.1, 0.15) is 0 Å². The Morgan fingerprint density at radius 3 is 2.56 bits per heavy atom. The van der Waals surface area contributed by atoms with Crippen molar-refractivity contribution < 1.29 is 14.0 Å². The third-order valence-corrected chi connectivity index (χ3v) is 5.23. The second-order valence-electron chi connectivity index (χ2n) is 4.63. The van der Waals surface area contributed by atoms with Crippen molar-refractivity contribution in [2.24, 2.45) is 0 Å². The molecule has 18 heavy (non-hydrogen) atoms. The second kappa shape index (κ2) is 7.13. The maximum absolute atomic E-state index is 11.5. The lowest BCUT2D eigenvalue weighted by Gasteiger charge is -2.18. The van der Waals surface area contributed by atoms with Crippen LogP contribution >= 0.6 is 0 Å². The van der Waals surface area contributed by atoms with Crippen LogP contribution in [0.25, 0.3) is 6.08 Å². The summed E-state index contributed by atoms with van der Waals surface area (Å²) < 4.78 is 10.5. The van der Waals surface area contributed by atoms with Crippen LogP contribution in [0.3, 0.4) is 0 Å². The van der Waals surface area contributed by atoms with Gasteiger partial charge in [-0.1, -0.05) is 30.3 Å². The van der Waals surface area contributed by atoms with Gasteiger partial charge in [-0.25, -0.2) is 4.79 Å². The predicted molar refractivity (Wildman–Crippen MR) is 75.7 cm³/mol. The van der Waals surface area contributed by atoms with Crippen molar-refractivity contribution >= 4 is 20.4 Å². The van der Waals surface area contributed by atoms with E-state index in [2.05, 4.69) is 13.1 Å². The molecule has 0 heterocycles. The summed E-state index contributed by atoms with van der Waals surface area (Å²) in [5, 5.41) is 0. The quantitative estimate of drug-likeness (QED) is 0.450. The van der Waals surface area contributed by atoms with E-state index in [0.717, 1.165) is 11.6 Å². The summed E-state index contributed by atoms with van der Waals surface area (Å²) in [6.45, 7) is 4.62. The van der Waals surface area contributed by atoms with E-state index in [0.29, 0.717) is 6.61 Å². The third-order valence-electron chi connectivity index (χ3n) is 2.71. The fourth-order valence-electron chi connectivity index (χ4n) is 1.28. The molecule has 0 aromatic heterocycles. The second-order valence-corrected chi connectivity index (χ2v) is 9.05. The first kappa shape index (κ1) is 14.7. The molecule has 0 bridgehead atoms. The Balaban J connectivity index is 2.32. The van der Waals surface area contributed by atoms with Gasteiger partial charge < -0.3 is 9.16 Å². The van der Waals surface area contributed by atoms with Crippen LogP contribution in [0, 0.1) is 0 Å². The Kier molecular flexibility index (Phi) is 5.81. The summed E-state index contributed by atoms with van der Waals surface area (Å²) >= 11 is 0. The average molecular weight is 264 g/mol. The monoisotopic (exact) mass is 264 g/mol. The topological polar surface area (TPSA) is 35.5 Å². The van der Waals surface area contributed by atoms with Crippen molar-refractivity contribution in [1.29, 1.82) is 0 Å². The van der Waals surface area contributed by atoms with Crippen molar-refractivity contribution in [3.05, 3.63) is 42.0 Å². The number of hydrogen-bond acceptors (Lipinski definition) is 3. The molecule has 0 aliphatic heterocycles. The van der Waals surface area contributed by atoms with Gasteiger partial charge in [-0.3, -0.25) is 0 Å². The Morgan fingerprint density at radius 2 is 1.94 bits per heavy atom. The fourth-order valence-corrected chi connectivity index (χ4v) is 2.07. The van der Waals surface area contributed by atoms with Gasteiger partial charge in [0.15, 0.2) is 8.32 Å². The van der Waals surface area contributed by atoms with Crippen molar-refractivity contribution in [1.82, 2.24) is 0 Å². The molecule has 1 aromatic carbocycles. The van der Waals surface area contributed by atoms with Crippen molar-refractivity contribution in [3.8, 4) is 0 Å². The molecule has 0 saturated carbocycles. The minimum atomic E-state index is -1.63. The maximum Gasteiger partial charge on any atom is 0.330 e. The molecule has 4 heteroatoms. The van der Waals surface area contributed by atoms with Crippen molar-refractivity contribution in [2.75, 3.05) is 13.7 Å². The van der Waals surface area contributed by atoms with Gasteiger partial charge in [-0.15, -0.1) is 0 Å². The van der Waals surface area contributed by atoms with Gasteiger partial charge in [0.25, 0.3) is 0 Å². The zero-order valence-electron chi connectivity index (χ0n) is 11.2. The van der Waals surface area contributed by atoms with Crippen LogP contribution in [0.4, 0.5) is 0 Å². The predicted octanol–water partition coefficient (Wildman–Crippen LogP) is 3.09. The number of carbonyl (C=O) groups is 1. The van der Waals surface area contributed by atoms with Crippen LogP contribution in [0.2, 0.25) is 19.1 Å². The summed E-state index contributed by atoms with van der Waals surface area (Å²) in [4.78, 5) is 11.5. The summed E-state index contributed by atoms with van der Waals surface area (Å²) in [6, 6.07) is 10.5. The third kappa shape index (κ3) is 5.79. The Hall–Kier alpha value is -1.39. The highest BCUT2D eigenvalue weighted by Crippen LogP contribution is 2.09. The first-order chi connectivity index (χ1) is 8.53. The highest BCUT2D eigenvalue weighted by atomic mass is 28.4. The lowest BCUT2D eigenvalue weighted by Crippen LogP contribution is -2.30. The van der Waals surface area contributed by atoms with E-state index in [1.165, 1.54) is 6.08 Å². The molecule has 1 rings (SSSR count). The van der Waals surface area contributed by atoms with Crippen LogP contribution in [-0.2, 0) is 14.0 Å². The SMILES string of the molecule is CO[Si](C)(C)CCOC(=O)/C=C/c1ccccc1. The Morgan fingerprint density at radius 1 is 1.28 bits per heavy atom. The Bertz CT molecular complexity index is 399. The van der Waals surface area contributed by atoms with Crippen LogP contribution < -0.4 is 0 Å². The smallest absolute Gasteiger partial charge is 0.330 e. The number of carbonyl (C=O) groups excluding carboxylic acids is 1. The van der Waals surface area contributed by atoms with E-state index < -0.39 is 8.32 Å². The standard InChI is InChI=1S/C14H20O3Si/c1-16-18(2,3)12-11-17-14(15)10-9-13-7-5-4-6-8-13/h4-10H,11-12H2,1-3H3/b10-9+. The zero-order chi connectivity index (χ0) is 13.4. The number of rotatable bonds is 6. The van der Waals surface area contributed by atoms with Crippen LogP contribution in [0.15, 0.2) is 36.4 Å². The minimum absolute atomic E-state index is 0.306. The van der Waals surface area contributed by atoms with E-state index in [9.17, 15) is 4.79 Å². The first-order valence-corrected chi connectivity index (χ1v) is 9.10. The highest BCUT2D eigenvalue weighted by Gasteiger charge is 2.20. The van der Waals surface area contributed by atoms with Gasteiger partial charge in [0, 0.05) is 19.2 Å². The molecule has 0 aliphatic rings. The molecule has 0 N–H and O–H groups in total. The molecule has 0 spiro atoms. The van der Waals surface area contributed by atoms with Crippen LogP contribution in [0.1, 0.15) is 5.56 Å². The lowest BCUT2D eigenvalue weighted by molar-refractivity contribution is -0.137. The average Bonchev–Trinajstić information content (AvgIpc) is 2.37. The maximum atomic E-state index is 11.5. The lowest BCUT2D eigenvalue weighted by atomic mass is 10.2. The summed E-state index contributed by atoms with van der Waals surface area (Å²) in [7, 11) is 0.0793. The van der Waals surface area contributed by atoms with Crippen LogP contribution in [-0.4, -0.2) is 28.0 Å². The molecule has 1 aromatic rings.